The Balaban J connectivity index is 1.59. The molecule has 126 valence electrons. The van der Waals surface area contributed by atoms with Crippen molar-refractivity contribution in [3.8, 4) is 0 Å². The Hall–Kier alpha value is -2.63. The molecular weight excluding hydrogens is 308 g/mol. The first-order valence-corrected chi connectivity index (χ1v) is 8.23. The van der Waals surface area contributed by atoms with E-state index in [1.165, 1.54) is 0 Å². The molecule has 0 spiro atoms. The maximum Gasteiger partial charge on any atom is 0.335 e. The normalized spacial score (nSPS) is 13.8. The number of rotatable bonds is 5. The molecule has 0 aliphatic heterocycles. The van der Waals surface area contributed by atoms with Gasteiger partial charge in [-0.2, -0.15) is 0 Å². The monoisotopic (exact) mass is 328 g/mol. The lowest BCUT2D eigenvalue weighted by molar-refractivity contribution is 0.0696. The minimum absolute atomic E-state index is 0.226. The second-order valence-corrected chi connectivity index (χ2v) is 6.01. The predicted octanol–water partition coefficient (Wildman–Crippen LogP) is 2.61. The van der Waals surface area contributed by atoms with Crippen LogP contribution in [0.15, 0.2) is 28.8 Å². The zero-order valence-corrected chi connectivity index (χ0v) is 13.4. The summed E-state index contributed by atoms with van der Waals surface area (Å²) in [5, 5.41) is 15.8. The van der Waals surface area contributed by atoms with Crippen LogP contribution in [0.2, 0.25) is 0 Å². The van der Waals surface area contributed by atoms with E-state index >= 15 is 0 Å². The van der Waals surface area contributed by atoms with Crippen molar-refractivity contribution in [3.63, 3.8) is 0 Å². The van der Waals surface area contributed by atoms with E-state index in [1.54, 1.807) is 18.2 Å². The van der Waals surface area contributed by atoms with Gasteiger partial charge in [-0.3, -0.25) is 4.79 Å². The fourth-order valence-electron chi connectivity index (χ4n) is 3.00. The second-order valence-electron chi connectivity index (χ2n) is 6.01. The van der Waals surface area contributed by atoms with Crippen LogP contribution in [0, 0.1) is 0 Å². The van der Waals surface area contributed by atoms with Crippen molar-refractivity contribution in [2.45, 2.75) is 38.5 Å². The van der Waals surface area contributed by atoms with Crippen molar-refractivity contribution < 1.29 is 19.2 Å². The van der Waals surface area contributed by atoms with E-state index in [2.05, 4.69) is 10.5 Å². The van der Waals surface area contributed by atoms with Gasteiger partial charge in [-0.25, -0.2) is 4.79 Å². The molecule has 1 aliphatic carbocycles. The van der Waals surface area contributed by atoms with E-state index in [9.17, 15) is 9.59 Å². The van der Waals surface area contributed by atoms with Gasteiger partial charge in [0.25, 0.3) is 5.91 Å². The summed E-state index contributed by atoms with van der Waals surface area (Å²) in [7, 11) is 0. The smallest absolute Gasteiger partial charge is 0.335 e. The predicted molar refractivity (Wildman–Crippen MR) is 87.2 cm³/mol. The Morgan fingerprint density at radius 2 is 2.04 bits per heavy atom. The van der Waals surface area contributed by atoms with Gasteiger partial charge in [0.15, 0.2) is 5.69 Å². The maximum absolute atomic E-state index is 12.3. The van der Waals surface area contributed by atoms with Crippen molar-refractivity contribution >= 4 is 11.9 Å². The first kappa shape index (κ1) is 16.2. The lowest BCUT2D eigenvalue weighted by Gasteiger charge is -2.05. The summed E-state index contributed by atoms with van der Waals surface area (Å²) in [4.78, 5) is 23.3. The molecule has 1 aromatic heterocycles. The van der Waals surface area contributed by atoms with Crippen molar-refractivity contribution in [2.24, 2.45) is 0 Å². The van der Waals surface area contributed by atoms with E-state index in [0.29, 0.717) is 18.7 Å². The molecule has 0 saturated carbocycles. The Bertz CT molecular complexity index is 751. The third-order valence-electron chi connectivity index (χ3n) is 4.29. The highest BCUT2D eigenvalue weighted by atomic mass is 16.5. The number of aromatic nitrogens is 1. The summed E-state index contributed by atoms with van der Waals surface area (Å²) in [6, 6.07) is 6.73. The van der Waals surface area contributed by atoms with Gasteiger partial charge < -0.3 is 14.9 Å². The molecule has 0 saturated heterocycles. The summed E-state index contributed by atoms with van der Waals surface area (Å²) in [6.45, 7) is 0.420. The molecule has 0 fully saturated rings. The molecule has 2 aromatic rings. The average Bonchev–Trinajstić information content (AvgIpc) is 2.84. The number of aromatic carboxylic acids is 1. The molecule has 0 bridgehead atoms. The number of carboxylic acid groups (broad SMARTS) is 1. The highest BCUT2D eigenvalue weighted by Gasteiger charge is 2.22. The minimum Gasteiger partial charge on any atom is -0.478 e. The fourth-order valence-corrected chi connectivity index (χ4v) is 3.00. The molecular formula is C18H20N2O4. The number of hydrogen-bond donors (Lipinski definition) is 2. The molecule has 0 atom stereocenters. The molecule has 6 heteroatoms. The van der Waals surface area contributed by atoms with Gasteiger partial charge in [0.05, 0.1) is 5.56 Å². The van der Waals surface area contributed by atoms with Crippen LogP contribution in [0.1, 0.15) is 57.0 Å². The third-order valence-corrected chi connectivity index (χ3v) is 4.29. The topological polar surface area (TPSA) is 92.4 Å². The van der Waals surface area contributed by atoms with E-state index < -0.39 is 5.97 Å². The van der Waals surface area contributed by atoms with Crippen LogP contribution < -0.4 is 5.32 Å². The SMILES string of the molecule is O=C(O)c1cccc(CCNC(=O)c2noc3c2CCCCC3)c1. The van der Waals surface area contributed by atoms with Gasteiger partial charge >= 0.3 is 5.97 Å². The largest absolute Gasteiger partial charge is 0.478 e. The summed E-state index contributed by atoms with van der Waals surface area (Å²) in [6.07, 6.45) is 5.51. The number of nitrogens with one attached hydrogen (secondary N) is 1. The lowest BCUT2D eigenvalue weighted by Crippen LogP contribution is -2.27. The van der Waals surface area contributed by atoms with Gasteiger partial charge in [0.2, 0.25) is 0 Å². The Kier molecular flexibility index (Phi) is 4.93. The Labute approximate surface area is 139 Å². The molecule has 1 amide bonds. The van der Waals surface area contributed by atoms with E-state index in [-0.39, 0.29) is 11.5 Å². The van der Waals surface area contributed by atoms with Gasteiger partial charge in [-0.15, -0.1) is 0 Å². The Morgan fingerprint density at radius 3 is 2.88 bits per heavy atom. The number of carbonyl (C=O) groups excluding carboxylic acids is 1. The molecule has 1 aliphatic rings. The van der Waals surface area contributed by atoms with E-state index in [1.807, 2.05) is 6.07 Å². The van der Waals surface area contributed by atoms with Gasteiger partial charge in [0, 0.05) is 18.5 Å². The summed E-state index contributed by atoms with van der Waals surface area (Å²) >= 11 is 0. The molecule has 1 heterocycles. The Morgan fingerprint density at radius 1 is 1.21 bits per heavy atom. The first-order valence-electron chi connectivity index (χ1n) is 8.23. The number of hydrogen-bond acceptors (Lipinski definition) is 4. The number of fused-ring (bicyclic) bond motifs is 1. The highest BCUT2D eigenvalue weighted by Crippen LogP contribution is 2.23. The van der Waals surface area contributed by atoms with Crippen molar-refractivity contribution in [3.05, 3.63) is 52.4 Å². The van der Waals surface area contributed by atoms with Crippen LogP contribution in [-0.4, -0.2) is 28.7 Å². The van der Waals surface area contributed by atoms with Gasteiger partial charge in [0.1, 0.15) is 5.76 Å². The number of carboxylic acids is 1. The number of amides is 1. The van der Waals surface area contributed by atoms with Crippen LogP contribution in [-0.2, 0) is 19.3 Å². The van der Waals surface area contributed by atoms with Crippen molar-refractivity contribution in [1.29, 1.82) is 0 Å². The second kappa shape index (κ2) is 7.29. The number of aryl methyl sites for hydroxylation is 1. The third kappa shape index (κ3) is 3.64. The molecule has 0 radical (unpaired) electrons. The zero-order valence-electron chi connectivity index (χ0n) is 13.4. The van der Waals surface area contributed by atoms with Crippen LogP contribution in [0.25, 0.3) is 0 Å². The molecule has 2 N–H and O–H groups in total. The lowest BCUT2D eigenvalue weighted by atomic mass is 10.1. The highest BCUT2D eigenvalue weighted by molar-refractivity contribution is 5.93. The van der Waals surface area contributed by atoms with Crippen LogP contribution in [0.4, 0.5) is 0 Å². The summed E-state index contributed by atoms with van der Waals surface area (Å²) in [5.74, 6) is -0.339. The summed E-state index contributed by atoms with van der Waals surface area (Å²) < 4.78 is 5.32. The quantitative estimate of drug-likeness (QED) is 0.823. The van der Waals surface area contributed by atoms with Crippen molar-refractivity contribution in [2.75, 3.05) is 6.54 Å². The van der Waals surface area contributed by atoms with Crippen LogP contribution in [0.3, 0.4) is 0 Å². The van der Waals surface area contributed by atoms with Crippen molar-refractivity contribution in [1.82, 2.24) is 10.5 Å². The number of benzene rings is 1. The fraction of sp³-hybridized carbons (Fsp3) is 0.389. The molecule has 1 aromatic carbocycles. The van der Waals surface area contributed by atoms with E-state index in [0.717, 1.165) is 49.0 Å². The van der Waals surface area contributed by atoms with E-state index in [4.69, 9.17) is 9.63 Å². The summed E-state index contributed by atoms with van der Waals surface area (Å²) in [5.41, 5.74) is 2.46. The minimum atomic E-state index is -0.953. The first-order chi connectivity index (χ1) is 11.6. The number of nitrogens with zero attached hydrogens (tertiary/aromatic N) is 1. The standard InChI is InChI=1S/C18H20N2O4/c21-17(16-14-7-2-1-3-8-15(14)24-20-16)19-10-9-12-5-4-6-13(11-12)18(22)23/h4-6,11H,1-3,7-10H2,(H,19,21)(H,22,23). The van der Waals surface area contributed by atoms with Crippen LogP contribution in [0.5, 0.6) is 0 Å². The molecule has 24 heavy (non-hydrogen) atoms. The van der Waals surface area contributed by atoms with Gasteiger partial charge in [-0.05, 0) is 43.4 Å². The maximum atomic E-state index is 12.3. The molecule has 3 rings (SSSR count). The van der Waals surface area contributed by atoms with Gasteiger partial charge in [-0.1, -0.05) is 23.7 Å². The molecule has 6 nitrogen and oxygen atoms in total. The average molecular weight is 328 g/mol. The van der Waals surface area contributed by atoms with Crippen LogP contribution >= 0.6 is 0 Å². The molecule has 0 unspecified atom stereocenters. The number of carbonyl (C=O) groups is 2. The zero-order chi connectivity index (χ0) is 16.9.